The van der Waals surface area contributed by atoms with E-state index in [0.717, 1.165) is 36.9 Å². The van der Waals surface area contributed by atoms with Crippen LogP contribution in [0.4, 0.5) is 0 Å². The molecule has 0 saturated carbocycles. The average molecular weight is 327 g/mol. The summed E-state index contributed by atoms with van der Waals surface area (Å²) in [5, 5.41) is 4.04. The van der Waals surface area contributed by atoms with E-state index in [1.807, 2.05) is 36.1 Å². The highest BCUT2D eigenvalue weighted by Gasteiger charge is 2.25. The monoisotopic (exact) mass is 327 g/mol. The fourth-order valence-electron chi connectivity index (χ4n) is 3.37. The Labute approximate surface area is 143 Å². The molecule has 0 bridgehead atoms. The molecule has 1 saturated heterocycles. The fourth-order valence-corrected chi connectivity index (χ4v) is 3.37. The zero-order chi connectivity index (χ0) is 16.9. The summed E-state index contributed by atoms with van der Waals surface area (Å²) >= 11 is 0. The van der Waals surface area contributed by atoms with Gasteiger partial charge in [0.25, 0.3) is 0 Å². The van der Waals surface area contributed by atoms with E-state index >= 15 is 0 Å². The Morgan fingerprint density at radius 3 is 3.04 bits per heavy atom. The summed E-state index contributed by atoms with van der Waals surface area (Å²) < 4.78 is 5.32. The predicted molar refractivity (Wildman–Crippen MR) is 92.4 cm³/mol. The highest BCUT2D eigenvalue weighted by molar-refractivity contribution is 5.76. The SMILES string of the molecule is CCC1CCCCN1C(=O)CCc1nc(-c2cccc(C)c2)no1. The van der Waals surface area contributed by atoms with Crippen molar-refractivity contribution in [1.29, 1.82) is 0 Å². The first kappa shape index (κ1) is 16.7. The molecule has 1 amide bonds. The van der Waals surface area contributed by atoms with Gasteiger partial charge in [0.1, 0.15) is 0 Å². The largest absolute Gasteiger partial charge is 0.340 e. The van der Waals surface area contributed by atoms with Gasteiger partial charge in [0, 0.05) is 31.0 Å². The number of rotatable bonds is 5. The van der Waals surface area contributed by atoms with Crippen molar-refractivity contribution in [2.75, 3.05) is 6.54 Å². The van der Waals surface area contributed by atoms with Gasteiger partial charge in [0.2, 0.25) is 17.6 Å². The molecule has 1 fully saturated rings. The van der Waals surface area contributed by atoms with Crippen LogP contribution in [-0.4, -0.2) is 33.5 Å². The predicted octanol–water partition coefficient (Wildman–Crippen LogP) is 3.77. The third-order valence-electron chi connectivity index (χ3n) is 4.72. The summed E-state index contributed by atoms with van der Waals surface area (Å²) in [7, 11) is 0. The molecule has 0 spiro atoms. The second kappa shape index (κ2) is 7.60. The Morgan fingerprint density at radius 1 is 1.38 bits per heavy atom. The highest BCUT2D eigenvalue weighted by Crippen LogP contribution is 2.21. The highest BCUT2D eigenvalue weighted by atomic mass is 16.5. The number of benzene rings is 1. The molecule has 1 aromatic carbocycles. The summed E-state index contributed by atoms with van der Waals surface area (Å²) in [6.07, 6.45) is 5.44. The lowest BCUT2D eigenvalue weighted by molar-refractivity contribution is -0.135. The average Bonchev–Trinajstić information content (AvgIpc) is 3.08. The zero-order valence-electron chi connectivity index (χ0n) is 14.5. The molecular formula is C19H25N3O2. The summed E-state index contributed by atoms with van der Waals surface area (Å²) in [6, 6.07) is 8.40. The van der Waals surface area contributed by atoms with E-state index in [4.69, 9.17) is 4.52 Å². The van der Waals surface area contributed by atoms with Gasteiger partial charge >= 0.3 is 0 Å². The van der Waals surface area contributed by atoms with Crippen molar-refractivity contribution in [2.45, 2.75) is 58.4 Å². The van der Waals surface area contributed by atoms with Gasteiger partial charge in [-0.3, -0.25) is 4.79 Å². The number of hydrogen-bond donors (Lipinski definition) is 0. The minimum atomic E-state index is 0.205. The second-order valence-electron chi connectivity index (χ2n) is 6.53. The van der Waals surface area contributed by atoms with E-state index in [-0.39, 0.29) is 5.91 Å². The number of amides is 1. The molecule has 0 radical (unpaired) electrons. The summed E-state index contributed by atoms with van der Waals surface area (Å²) in [4.78, 5) is 19.0. The molecular weight excluding hydrogens is 302 g/mol. The van der Waals surface area contributed by atoms with Gasteiger partial charge in [0.05, 0.1) is 0 Å². The van der Waals surface area contributed by atoms with Crippen molar-refractivity contribution in [2.24, 2.45) is 0 Å². The third kappa shape index (κ3) is 3.83. The lowest BCUT2D eigenvalue weighted by Gasteiger charge is -2.35. The van der Waals surface area contributed by atoms with Crippen LogP contribution in [0.15, 0.2) is 28.8 Å². The van der Waals surface area contributed by atoms with Crippen LogP contribution in [0.3, 0.4) is 0 Å². The minimum absolute atomic E-state index is 0.205. The first-order valence-electron chi connectivity index (χ1n) is 8.86. The maximum Gasteiger partial charge on any atom is 0.227 e. The van der Waals surface area contributed by atoms with Crippen molar-refractivity contribution in [3.8, 4) is 11.4 Å². The second-order valence-corrected chi connectivity index (χ2v) is 6.53. The maximum absolute atomic E-state index is 12.5. The Bertz CT molecular complexity index is 695. The van der Waals surface area contributed by atoms with E-state index in [1.54, 1.807) is 0 Å². The molecule has 1 unspecified atom stereocenters. The van der Waals surface area contributed by atoms with Crippen LogP contribution in [0, 0.1) is 6.92 Å². The van der Waals surface area contributed by atoms with Crippen LogP contribution in [0.2, 0.25) is 0 Å². The van der Waals surface area contributed by atoms with E-state index < -0.39 is 0 Å². The summed E-state index contributed by atoms with van der Waals surface area (Å²) in [6.45, 7) is 5.07. The number of aryl methyl sites for hydroxylation is 2. The van der Waals surface area contributed by atoms with Crippen molar-refractivity contribution >= 4 is 5.91 Å². The van der Waals surface area contributed by atoms with E-state index in [2.05, 4.69) is 17.1 Å². The summed E-state index contributed by atoms with van der Waals surface area (Å²) in [5.74, 6) is 1.33. The summed E-state index contributed by atoms with van der Waals surface area (Å²) in [5.41, 5.74) is 2.10. The van der Waals surface area contributed by atoms with Gasteiger partial charge in [-0.15, -0.1) is 0 Å². The van der Waals surface area contributed by atoms with Gasteiger partial charge in [-0.2, -0.15) is 4.98 Å². The normalized spacial score (nSPS) is 17.9. The van der Waals surface area contributed by atoms with Crippen molar-refractivity contribution in [3.05, 3.63) is 35.7 Å². The molecule has 5 nitrogen and oxygen atoms in total. The van der Waals surface area contributed by atoms with Crippen molar-refractivity contribution in [1.82, 2.24) is 15.0 Å². The number of carbonyl (C=O) groups excluding carboxylic acids is 1. The molecule has 2 heterocycles. The molecule has 0 aliphatic carbocycles. The van der Waals surface area contributed by atoms with Crippen LogP contribution in [-0.2, 0) is 11.2 Å². The fraction of sp³-hybridized carbons (Fsp3) is 0.526. The van der Waals surface area contributed by atoms with Gasteiger partial charge in [-0.1, -0.05) is 35.8 Å². The van der Waals surface area contributed by atoms with Crippen molar-refractivity contribution in [3.63, 3.8) is 0 Å². The molecule has 2 aromatic rings. The number of aromatic nitrogens is 2. The number of hydrogen-bond acceptors (Lipinski definition) is 4. The van der Waals surface area contributed by atoms with E-state index in [1.165, 1.54) is 6.42 Å². The Morgan fingerprint density at radius 2 is 2.25 bits per heavy atom. The van der Waals surface area contributed by atoms with Crippen molar-refractivity contribution < 1.29 is 9.32 Å². The number of carbonyl (C=O) groups is 1. The molecule has 5 heteroatoms. The topological polar surface area (TPSA) is 59.2 Å². The quantitative estimate of drug-likeness (QED) is 0.839. The molecule has 128 valence electrons. The van der Waals surface area contributed by atoms with Crippen LogP contribution in [0.25, 0.3) is 11.4 Å². The standard InChI is InChI=1S/C19H25N3O2/c1-3-16-9-4-5-12-22(16)18(23)11-10-17-20-19(21-24-17)15-8-6-7-14(2)13-15/h6-8,13,16H,3-5,9-12H2,1-2H3. The molecule has 0 N–H and O–H groups in total. The van der Waals surface area contributed by atoms with Crippen LogP contribution < -0.4 is 0 Å². The minimum Gasteiger partial charge on any atom is -0.340 e. The van der Waals surface area contributed by atoms with Gasteiger partial charge < -0.3 is 9.42 Å². The molecule has 3 rings (SSSR count). The lowest BCUT2D eigenvalue weighted by atomic mass is 9.99. The smallest absolute Gasteiger partial charge is 0.227 e. The number of nitrogens with zero attached hydrogens (tertiary/aromatic N) is 3. The van der Waals surface area contributed by atoms with Gasteiger partial charge in [0.15, 0.2) is 0 Å². The van der Waals surface area contributed by atoms with E-state index in [9.17, 15) is 4.79 Å². The Kier molecular flexibility index (Phi) is 5.28. The number of piperidine rings is 1. The lowest BCUT2D eigenvalue weighted by Crippen LogP contribution is -2.43. The Balaban J connectivity index is 1.60. The van der Waals surface area contributed by atoms with Gasteiger partial charge in [-0.05, 0) is 38.7 Å². The first-order chi connectivity index (χ1) is 11.7. The van der Waals surface area contributed by atoms with Gasteiger partial charge in [-0.25, -0.2) is 0 Å². The third-order valence-corrected chi connectivity index (χ3v) is 4.72. The molecule has 1 aliphatic rings. The molecule has 24 heavy (non-hydrogen) atoms. The molecule has 1 aliphatic heterocycles. The maximum atomic E-state index is 12.5. The first-order valence-corrected chi connectivity index (χ1v) is 8.86. The zero-order valence-corrected chi connectivity index (χ0v) is 14.5. The van der Waals surface area contributed by atoms with Crippen LogP contribution in [0.1, 0.15) is 50.5 Å². The van der Waals surface area contributed by atoms with E-state index in [0.29, 0.717) is 30.6 Å². The van der Waals surface area contributed by atoms with Crippen LogP contribution >= 0.6 is 0 Å². The Hall–Kier alpha value is -2.17. The number of likely N-dealkylation sites (tertiary alicyclic amines) is 1. The van der Waals surface area contributed by atoms with Crippen LogP contribution in [0.5, 0.6) is 0 Å². The molecule has 1 atom stereocenters. The molecule has 1 aromatic heterocycles.